The minimum atomic E-state index is 0.447. The van der Waals surface area contributed by atoms with Crippen LogP contribution in [0.1, 0.15) is 33.6 Å². The Morgan fingerprint density at radius 1 is 1.30 bits per heavy atom. The van der Waals surface area contributed by atoms with Crippen molar-refractivity contribution < 1.29 is 4.74 Å². The molecule has 3 atom stereocenters. The molecule has 58 valence electrons. The highest BCUT2D eigenvalue weighted by atomic mass is 16.6. The predicted molar refractivity (Wildman–Crippen MR) is 40.8 cm³/mol. The van der Waals surface area contributed by atoms with Gasteiger partial charge in [-0.2, -0.15) is 0 Å². The summed E-state index contributed by atoms with van der Waals surface area (Å²) in [6.45, 7) is 7.01. The molecule has 1 aliphatic heterocycles. The topological polar surface area (TPSA) is 12.5 Å². The SMILES string of the molecule is CC1CCC2OC2C1(C)C. The second-order valence-corrected chi connectivity index (χ2v) is 4.39. The van der Waals surface area contributed by atoms with E-state index in [4.69, 9.17) is 4.74 Å². The van der Waals surface area contributed by atoms with Crippen LogP contribution in [0, 0.1) is 11.3 Å². The molecule has 0 radical (unpaired) electrons. The van der Waals surface area contributed by atoms with Crippen molar-refractivity contribution in [1.29, 1.82) is 0 Å². The first kappa shape index (κ1) is 6.66. The van der Waals surface area contributed by atoms with Crippen molar-refractivity contribution in [3.05, 3.63) is 0 Å². The van der Waals surface area contributed by atoms with Gasteiger partial charge in [0.05, 0.1) is 12.2 Å². The fourth-order valence-electron chi connectivity index (χ4n) is 2.08. The van der Waals surface area contributed by atoms with Gasteiger partial charge in [0.2, 0.25) is 0 Å². The smallest absolute Gasteiger partial charge is 0.0895 e. The van der Waals surface area contributed by atoms with Crippen molar-refractivity contribution in [3.63, 3.8) is 0 Å². The molecule has 3 unspecified atom stereocenters. The lowest BCUT2D eigenvalue weighted by atomic mass is 9.70. The largest absolute Gasteiger partial charge is 0.369 e. The molecule has 0 aromatic carbocycles. The summed E-state index contributed by atoms with van der Waals surface area (Å²) in [5.41, 5.74) is 0.447. The Morgan fingerprint density at radius 2 is 2.00 bits per heavy atom. The lowest BCUT2D eigenvalue weighted by Crippen LogP contribution is -2.32. The van der Waals surface area contributed by atoms with Crippen molar-refractivity contribution >= 4 is 0 Å². The van der Waals surface area contributed by atoms with Gasteiger partial charge in [-0.3, -0.25) is 0 Å². The van der Waals surface area contributed by atoms with E-state index >= 15 is 0 Å². The zero-order chi connectivity index (χ0) is 7.35. The van der Waals surface area contributed by atoms with Crippen LogP contribution in [0.3, 0.4) is 0 Å². The van der Waals surface area contributed by atoms with Gasteiger partial charge in [-0.15, -0.1) is 0 Å². The average Bonchev–Trinajstić information content (AvgIpc) is 2.58. The highest BCUT2D eigenvalue weighted by Gasteiger charge is 2.54. The molecule has 0 aromatic rings. The first-order valence-corrected chi connectivity index (χ1v) is 4.28. The Bertz CT molecular complexity index is 147. The average molecular weight is 140 g/mol. The Hall–Kier alpha value is -0.0400. The molecule has 1 heterocycles. The fourth-order valence-corrected chi connectivity index (χ4v) is 2.08. The molecule has 1 saturated carbocycles. The lowest BCUT2D eigenvalue weighted by Gasteiger charge is -2.33. The van der Waals surface area contributed by atoms with Gasteiger partial charge >= 0.3 is 0 Å². The third-order valence-corrected chi connectivity index (χ3v) is 3.47. The number of hydrogen-bond acceptors (Lipinski definition) is 1. The second-order valence-electron chi connectivity index (χ2n) is 4.39. The van der Waals surface area contributed by atoms with Crippen LogP contribution in [-0.2, 0) is 4.74 Å². The van der Waals surface area contributed by atoms with Crippen molar-refractivity contribution in [2.45, 2.75) is 45.8 Å². The second kappa shape index (κ2) is 1.76. The van der Waals surface area contributed by atoms with Crippen LogP contribution in [0.2, 0.25) is 0 Å². The molecule has 1 nitrogen and oxygen atoms in total. The Kier molecular flexibility index (Phi) is 1.17. The standard InChI is InChI=1S/C9H16O/c1-6-4-5-7-8(10-7)9(6,2)3/h6-8H,4-5H2,1-3H3. The first-order chi connectivity index (χ1) is 4.62. The molecule has 10 heavy (non-hydrogen) atoms. The van der Waals surface area contributed by atoms with E-state index in [1.54, 1.807) is 0 Å². The molecule has 0 amide bonds. The van der Waals surface area contributed by atoms with Crippen molar-refractivity contribution in [2.24, 2.45) is 11.3 Å². The van der Waals surface area contributed by atoms with Gasteiger partial charge in [-0.1, -0.05) is 20.8 Å². The van der Waals surface area contributed by atoms with Gasteiger partial charge in [-0.05, 0) is 24.2 Å². The molecule has 2 rings (SSSR count). The highest BCUT2D eigenvalue weighted by Crippen LogP contribution is 2.51. The molecule has 2 aliphatic rings. The van der Waals surface area contributed by atoms with E-state index in [1.165, 1.54) is 12.8 Å². The summed E-state index contributed by atoms with van der Waals surface area (Å²) in [4.78, 5) is 0. The van der Waals surface area contributed by atoms with Crippen molar-refractivity contribution in [3.8, 4) is 0 Å². The van der Waals surface area contributed by atoms with Crippen molar-refractivity contribution in [1.82, 2.24) is 0 Å². The Labute approximate surface area is 62.8 Å². The molecule has 2 fully saturated rings. The summed E-state index contributed by atoms with van der Waals surface area (Å²) in [5, 5.41) is 0. The quantitative estimate of drug-likeness (QED) is 0.470. The zero-order valence-electron chi connectivity index (χ0n) is 7.05. The van der Waals surface area contributed by atoms with Gasteiger partial charge in [0.15, 0.2) is 0 Å². The van der Waals surface area contributed by atoms with Crippen LogP contribution in [-0.4, -0.2) is 12.2 Å². The number of hydrogen-bond donors (Lipinski definition) is 0. The maximum atomic E-state index is 5.56. The van der Waals surface area contributed by atoms with E-state index in [9.17, 15) is 0 Å². The van der Waals surface area contributed by atoms with E-state index in [-0.39, 0.29) is 0 Å². The van der Waals surface area contributed by atoms with Gasteiger partial charge in [0, 0.05) is 0 Å². The zero-order valence-corrected chi connectivity index (χ0v) is 7.05. The predicted octanol–water partition coefficient (Wildman–Crippen LogP) is 2.21. The normalized spacial score (nSPS) is 50.1. The van der Waals surface area contributed by atoms with Crippen molar-refractivity contribution in [2.75, 3.05) is 0 Å². The molecule has 0 spiro atoms. The van der Waals surface area contributed by atoms with E-state index in [1.807, 2.05) is 0 Å². The molecule has 1 aliphatic carbocycles. The number of ether oxygens (including phenoxy) is 1. The summed E-state index contributed by atoms with van der Waals surface area (Å²) >= 11 is 0. The molecule has 1 heteroatoms. The van der Waals surface area contributed by atoms with Gasteiger partial charge in [-0.25, -0.2) is 0 Å². The summed E-state index contributed by atoms with van der Waals surface area (Å²) in [6, 6.07) is 0. The van der Waals surface area contributed by atoms with E-state index in [2.05, 4.69) is 20.8 Å². The number of epoxide rings is 1. The monoisotopic (exact) mass is 140 g/mol. The van der Waals surface area contributed by atoms with E-state index < -0.39 is 0 Å². The maximum Gasteiger partial charge on any atom is 0.0895 e. The number of rotatable bonds is 0. The fraction of sp³-hybridized carbons (Fsp3) is 1.00. The van der Waals surface area contributed by atoms with Crippen LogP contribution in [0.4, 0.5) is 0 Å². The van der Waals surface area contributed by atoms with Gasteiger partial charge < -0.3 is 4.74 Å². The van der Waals surface area contributed by atoms with Gasteiger partial charge in [0.1, 0.15) is 0 Å². The van der Waals surface area contributed by atoms with E-state index in [0.717, 1.165) is 5.92 Å². The highest BCUT2D eigenvalue weighted by molar-refractivity contribution is 5.02. The molecular weight excluding hydrogens is 124 g/mol. The number of fused-ring (bicyclic) bond motifs is 1. The van der Waals surface area contributed by atoms with Crippen LogP contribution in [0.15, 0.2) is 0 Å². The van der Waals surface area contributed by atoms with E-state index in [0.29, 0.717) is 17.6 Å². The summed E-state index contributed by atoms with van der Waals surface area (Å²) in [6.07, 6.45) is 3.88. The van der Waals surface area contributed by atoms with Crippen LogP contribution in [0.25, 0.3) is 0 Å². The summed E-state index contributed by atoms with van der Waals surface area (Å²) in [5.74, 6) is 0.844. The minimum Gasteiger partial charge on any atom is -0.369 e. The van der Waals surface area contributed by atoms with Gasteiger partial charge in [0.25, 0.3) is 0 Å². The summed E-state index contributed by atoms with van der Waals surface area (Å²) < 4.78 is 5.56. The lowest BCUT2D eigenvalue weighted by molar-refractivity contribution is 0.154. The molecule has 0 aromatic heterocycles. The Balaban J connectivity index is 2.14. The van der Waals surface area contributed by atoms with Crippen LogP contribution < -0.4 is 0 Å². The van der Waals surface area contributed by atoms with Crippen LogP contribution >= 0.6 is 0 Å². The maximum absolute atomic E-state index is 5.56. The summed E-state index contributed by atoms with van der Waals surface area (Å²) in [7, 11) is 0. The molecular formula is C9H16O. The third kappa shape index (κ3) is 0.731. The molecule has 0 bridgehead atoms. The van der Waals surface area contributed by atoms with Crippen LogP contribution in [0.5, 0.6) is 0 Å². The molecule has 1 saturated heterocycles. The minimum absolute atomic E-state index is 0.447. The first-order valence-electron chi connectivity index (χ1n) is 4.28. The third-order valence-electron chi connectivity index (χ3n) is 3.47. The Morgan fingerprint density at radius 3 is 2.60 bits per heavy atom. The molecule has 0 N–H and O–H groups in total.